The fourth-order valence-corrected chi connectivity index (χ4v) is 0.728. The molecule has 0 aliphatic carbocycles. The molecule has 1 aliphatic heterocycles. The Kier molecular flexibility index (Phi) is 1.27. The van der Waals surface area contributed by atoms with Crippen molar-refractivity contribution in [3.63, 3.8) is 0 Å². The van der Waals surface area contributed by atoms with Crippen LogP contribution in [-0.2, 0) is 14.3 Å². The van der Waals surface area contributed by atoms with Crippen LogP contribution in [0, 0.1) is 5.92 Å². The largest absolute Gasteiger partial charge is 0.456 e. The van der Waals surface area contributed by atoms with E-state index in [-0.39, 0.29) is 12.0 Å². The minimum absolute atomic E-state index is 0.231. The van der Waals surface area contributed by atoms with Crippen molar-refractivity contribution in [1.82, 2.24) is 0 Å². The second-order valence-electron chi connectivity index (χ2n) is 2.26. The second kappa shape index (κ2) is 1.83. The predicted octanol–water partition coefficient (Wildman–Crippen LogP) is 0.137. The van der Waals surface area contributed by atoms with Crippen LogP contribution in [0.25, 0.3) is 0 Å². The molecule has 0 spiro atoms. The molecule has 1 fully saturated rings. The van der Waals surface area contributed by atoms with Crippen LogP contribution in [-0.4, -0.2) is 17.9 Å². The molecular weight excluding hydrogens is 120 g/mol. The molecule has 0 saturated carbocycles. The Morgan fingerprint density at radius 3 is 2.00 bits per heavy atom. The van der Waals surface area contributed by atoms with E-state index in [4.69, 9.17) is 0 Å². The zero-order chi connectivity index (χ0) is 7.02. The lowest BCUT2D eigenvalue weighted by molar-refractivity contribution is -0.148. The molecule has 3 nitrogen and oxygen atoms in total. The van der Waals surface area contributed by atoms with Crippen LogP contribution in [0.15, 0.2) is 0 Å². The van der Waals surface area contributed by atoms with E-state index < -0.39 is 11.8 Å². The van der Waals surface area contributed by atoms with Crippen molar-refractivity contribution < 1.29 is 14.3 Å². The van der Waals surface area contributed by atoms with Gasteiger partial charge in [-0.1, -0.05) is 6.92 Å². The Morgan fingerprint density at radius 2 is 1.89 bits per heavy atom. The Morgan fingerprint density at radius 1 is 1.33 bits per heavy atom. The van der Waals surface area contributed by atoms with Crippen molar-refractivity contribution in [2.75, 3.05) is 0 Å². The van der Waals surface area contributed by atoms with Gasteiger partial charge in [0.05, 0.1) is 5.92 Å². The lowest BCUT2D eigenvalue weighted by atomic mass is 10.1. The predicted molar refractivity (Wildman–Crippen MR) is 29.7 cm³/mol. The zero-order valence-corrected chi connectivity index (χ0v) is 5.38. The molecule has 0 unspecified atom stereocenters. The number of cyclic esters (lactones) is 1. The number of hydrogen-bond acceptors (Lipinski definition) is 3. The third-order valence-corrected chi connectivity index (χ3v) is 1.61. The van der Waals surface area contributed by atoms with Gasteiger partial charge in [-0.15, -0.1) is 0 Å². The van der Waals surface area contributed by atoms with E-state index in [0.29, 0.717) is 0 Å². The summed E-state index contributed by atoms with van der Waals surface area (Å²) in [7, 11) is 0. The smallest absolute Gasteiger partial charge is 0.375 e. The van der Waals surface area contributed by atoms with E-state index in [1.807, 2.05) is 0 Å². The van der Waals surface area contributed by atoms with Gasteiger partial charge in [0, 0.05) is 0 Å². The Balaban J connectivity index is 2.77. The molecule has 9 heavy (non-hydrogen) atoms. The highest BCUT2D eigenvalue weighted by atomic mass is 16.6. The molecule has 2 atom stereocenters. The van der Waals surface area contributed by atoms with Gasteiger partial charge in [0.25, 0.3) is 0 Å². The summed E-state index contributed by atoms with van der Waals surface area (Å²) in [5.74, 6) is -1.34. The van der Waals surface area contributed by atoms with Gasteiger partial charge in [-0.2, -0.15) is 0 Å². The van der Waals surface area contributed by atoms with Crippen molar-refractivity contribution >= 4 is 11.8 Å². The van der Waals surface area contributed by atoms with Crippen LogP contribution in [0.2, 0.25) is 0 Å². The standard InChI is InChI=1S/C6H8O3/c1-3-4(2)9-6(8)5(3)7/h3-4H,1-2H3/t3-,4-/m1/s1. The minimum Gasteiger partial charge on any atom is -0.456 e. The summed E-state index contributed by atoms with van der Waals surface area (Å²) in [6.07, 6.45) is -0.231. The van der Waals surface area contributed by atoms with Gasteiger partial charge >= 0.3 is 5.97 Å². The summed E-state index contributed by atoms with van der Waals surface area (Å²) in [4.78, 5) is 21.1. The van der Waals surface area contributed by atoms with Crippen molar-refractivity contribution in [3.8, 4) is 0 Å². The SMILES string of the molecule is C[C@H]1OC(=O)C(=O)[C@@H]1C. The van der Waals surface area contributed by atoms with Gasteiger partial charge in [0.2, 0.25) is 5.78 Å². The number of hydrogen-bond donors (Lipinski definition) is 0. The average molecular weight is 128 g/mol. The third kappa shape index (κ3) is 0.823. The molecule has 0 aromatic heterocycles. The van der Waals surface area contributed by atoms with Crippen molar-refractivity contribution in [2.45, 2.75) is 20.0 Å². The maximum Gasteiger partial charge on any atom is 0.375 e. The van der Waals surface area contributed by atoms with E-state index in [2.05, 4.69) is 4.74 Å². The molecule has 0 aromatic rings. The number of Topliss-reactive ketones (excluding diaryl/α,β-unsaturated/α-hetero) is 1. The highest BCUT2D eigenvalue weighted by molar-refractivity contribution is 6.36. The summed E-state index contributed by atoms with van der Waals surface area (Å²) >= 11 is 0. The van der Waals surface area contributed by atoms with E-state index in [1.165, 1.54) is 0 Å². The molecule has 0 N–H and O–H groups in total. The van der Waals surface area contributed by atoms with Gasteiger partial charge in [0.1, 0.15) is 6.10 Å². The van der Waals surface area contributed by atoms with E-state index in [0.717, 1.165) is 0 Å². The summed E-state index contributed by atoms with van der Waals surface area (Å²) in [6, 6.07) is 0. The van der Waals surface area contributed by atoms with Crippen LogP contribution in [0.4, 0.5) is 0 Å². The minimum atomic E-state index is -0.685. The number of carbonyl (C=O) groups excluding carboxylic acids is 2. The number of carbonyl (C=O) groups is 2. The first-order valence-corrected chi connectivity index (χ1v) is 2.87. The van der Waals surface area contributed by atoms with E-state index >= 15 is 0 Å². The molecule has 50 valence electrons. The number of ether oxygens (including phenoxy) is 1. The molecular formula is C6H8O3. The van der Waals surface area contributed by atoms with Gasteiger partial charge in [-0.3, -0.25) is 4.79 Å². The molecule has 1 rings (SSSR count). The van der Waals surface area contributed by atoms with Gasteiger partial charge < -0.3 is 4.74 Å². The van der Waals surface area contributed by atoms with Gasteiger partial charge in [-0.05, 0) is 6.92 Å². The first kappa shape index (κ1) is 6.26. The Hall–Kier alpha value is -0.860. The zero-order valence-electron chi connectivity index (χ0n) is 5.38. The average Bonchev–Trinajstić information content (AvgIpc) is 1.98. The molecule has 1 saturated heterocycles. The van der Waals surface area contributed by atoms with Crippen molar-refractivity contribution in [3.05, 3.63) is 0 Å². The quantitative estimate of drug-likeness (QED) is 0.344. The van der Waals surface area contributed by atoms with Crippen LogP contribution >= 0.6 is 0 Å². The summed E-state index contributed by atoms with van der Waals surface area (Å²) in [5.41, 5.74) is 0. The summed E-state index contributed by atoms with van der Waals surface area (Å²) in [6.45, 7) is 3.41. The number of ketones is 1. The van der Waals surface area contributed by atoms with Gasteiger partial charge in [-0.25, -0.2) is 4.79 Å². The lowest BCUT2D eigenvalue weighted by Crippen LogP contribution is -2.13. The molecule has 0 aromatic carbocycles. The van der Waals surface area contributed by atoms with Crippen LogP contribution in [0.3, 0.4) is 0 Å². The van der Waals surface area contributed by atoms with E-state index in [9.17, 15) is 9.59 Å². The molecule has 0 bridgehead atoms. The summed E-state index contributed by atoms with van der Waals surface area (Å²) < 4.78 is 4.60. The maximum atomic E-state index is 10.6. The molecule has 1 aliphatic rings. The van der Waals surface area contributed by atoms with Crippen LogP contribution in [0.1, 0.15) is 13.8 Å². The second-order valence-corrected chi connectivity index (χ2v) is 2.26. The molecule has 3 heteroatoms. The van der Waals surface area contributed by atoms with E-state index in [1.54, 1.807) is 13.8 Å². The first-order valence-electron chi connectivity index (χ1n) is 2.87. The number of esters is 1. The van der Waals surface area contributed by atoms with Crippen LogP contribution < -0.4 is 0 Å². The third-order valence-electron chi connectivity index (χ3n) is 1.61. The Labute approximate surface area is 53.0 Å². The van der Waals surface area contributed by atoms with Gasteiger partial charge in [0.15, 0.2) is 0 Å². The monoisotopic (exact) mass is 128 g/mol. The first-order chi connectivity index (χ1) is 4.13. The highest BCUT2D eigenvalue weighted by Gasteiger charge is 2.37. The summed E-state index contributed by atoms with van der Waals surface area (Å²) in [5, 5.41) is 0. The fraction of sp³-hybridized carbons (Fsp3) is 0.667. The number of rotatable bonds is 0. The lowest BCUT2D eigenvalue weighted by Gasteiger charge is -2.01. The molecule has 0 amide bonds. The maximum absolute atomic E-state index is 10.6. The fourth-order valence-electron chi connectivity index (χ4n) is 0.728. The molecule has 0 radical (unpaired) electrons. The normalized spacial score (nSPS) is 34.9. The van der Waals surface area contributed by atoms with Crippen molar-refractivity contribution in [1.29, 1.82) is 0 Å². The highest BCUT2D eigenvalue weighted by Crippen LogP contribution is 2.16. The Bertz CT molecular complexity index is 162. The molecule has 1 heterocycles. The topological polar surface area (TPSA) is 43.4 Å². The van der Waals surface area contributed by atoms with Crippen LogP contribution in [0.5, 0.6) is 0 Å². The van der Waals surface area contributed by atoms with Crippen molar-refractivity contribution in [2.24, 2.45) is 5.92 Å².